The highest BCUT2D eigenvalue weighted by atomic mass is 127. The van der Waals surface area contributed by atoms with E-state index in [1.807, 2.05) is 12.1 Å². The minimum atomic E-state index is -0.566. The van der Waals surface area contributed by atoms with Crippen molar-refractivity contribution >= 4 is 28.4 Å². The van der Waals surface area contributed by atoms with Gasteiger partial charge in [0.15, 0.2) is 0 Å². The van der Waals surface area contributed by atoms with Gasteiger partial charge in [-0.1, -0.05) is 6.07 Å². The minimum Gasteiger partial charge on any atom is -0.434 e. The van der Waals surface area contributed by atoms with Crippen LogP contribution in [0, 0.1) is 13.7 Å². The molecule has 1 aromatic carbocycles. The van der Waals surface area contributed by atoms with Crippen LogP contribution in [0.2, 0.25) is 0 Å². The highest BCUT2D eigenvalue weighted by Crippen LogP contribution is 2.29. The van der Waals surface area contributed by atoms with Gasteiger partial charge in [0.1, 0.15) is 5.75 Å². The Hall–Kier alpha value is -1.64. The molecular weight excluding hydrogens is 337 g/mol. The van der Waals surface area contributed by atoms with E-state index in [4.69, 9.17) is 4.74 Å². The topological polar surface area (TPSA) is 70.2 Å². The van der Waals surface area contributed by atoms with Crippen LogP contribution < -0.4 is 4.74 Å². The van der Waals surface area contributed by atoms with Crippen molar-refractivity contribution in [1.82, 2.24) is 9.55 Å². The van der Waals surface area contributed by atoms with E-state index in [-0.39, 0.29) is 11.7 Å². The SMILES string of the molecule is Cn1cnc([N+](=O)[O-])c1Oc1cccc(I)c1. The molecule has 2 rings (SSSR count). The molecule has 6 nitrogen and oxygen atoms in total. The number of nitro groups is 1. The van der Waals surface area contributed by atoms with Gasteiger partial charge in [-0.25, -0.2) is 0 Å². The summed E-state index contributed by atoms with van der Waals surface area (Å²) in [5.41, 5.74) is 0. The molecule has 1 heterocycles. The minimum absolute atomic E-state index is 0.122. The Labute approximate surface area is 111 Å². The lowest BCUT2D eigenvalue weighted by Gasteiger charge is -2.05. The molecule has 1 aromatic heterocycles. The molecule has 0 atom stereocenters. The van der Waals surface area contributed by atoms with E-state index >= 15 is 0 Å². The molecule has 0 N–H and O–H groups in total. The zero-order valence-corrected chi connectivity index (χ0v) is 11.0. The first kappa shape index (κ1) is 11.8. The second kappa shape index (κ2) is 4.70. The number of ether oxygens (including phenoxy) is 1. The fraction of sp³-hybridized carbons (Fsp3) is 0.100. The third-order valence-electron chi connectivity index (χ3n) is 2.05. The molecule has 0 saturated carbocycles. The number of aromatic nitrogens is 2. The third-order valence-corrected chi connectivity index (χ3v) is 2.72. The van der Waals surface area contributed by atoms with Gasteiger partial charge in [-0.3, -0.25) is 4.57 Å². The molecule has 88 valence electrons. The predicted octanol–water partition coefficient (Wildman–Crippen LogP) is 2.73. The number of hydrogen-bond donors (Lipinski definition) is 0. The average Bonchev–Trinajstić information content (AvgIpc) is 2.61. The molecule has 7 heteroatoms. The molecule has 0 aliphatic rings. The van der Waals surface area contributed by atoms with Gasteiger partial charge in [-0.05, 0) is 50.7 Å². The summed E-state index contributed by atoms with van der Waals surface area (Å²) in [5.74, 6) is 0.381. The van der Waals surface area contributed by atoms with Gasteiger partial charge in [0, 0.05) is 10.6 Å². The van der Waals surface area contributed by atoms with Crippen LogP contribution in [0.5, 0.6) is 11.6 Å². The molecule has 17 heavy (non-hydrogen) atoms. The average molecular weight is 345 g/mol. The largest absolute Gasteiger partial charge is 0.434 e. The first-order valence-electron chi connectivity index (χ1n) is 4.67. The van der Waals surface area contributed by atoms with Crippen LogP contribution >= 0.6 is 22.6 Å². The van der Waals surface area contributed by atoms with Crippen molar-refractivity contribution in [2.75, 3.05) is 0 Å². The molecule has 0 aliphatic carbocycles. The number of imidazole rings is 1. The second-order valence-electron chi connectivity index (χ2n) is 3.30. The first-order valence-corrected chi connectivity index (χ1v) is 5.75. The summed E-state index contributed by atoms with van der Waals surface area (Å²) in [6, 6.07) is 7.25. The van der Waals surface area contributed by atoms with E-state index in [9.17, 15) is 10.1 Å². The van der Waals surface area contributed by atoms with Crippen molar-refractivity contribution in [2.45, 2.75) is 0 Å². The first-order chi connectivity index (χ1) is 8.08. The highest BCUT2D eigenvalue weighted by molar-refractivity contribution is 14.1. The number of nitrogens with zero attached hydrogens (tertiary/aromatic N) is 3. The summed E-state index contributed by atoms with van der Waals surface area (Å²) in [7, 11) is 1.64. The van der Waals surface area contributed by atoms with Crippen molar-refractivity contribution in [2.24, 2.45) is 7.05 Å². The van der Waals surface area contributed by atoms with Gasteiger partial charge in [-0.2, -0.15) is 0 Å². The van der Waals surface area contributed by atoms with E-state index in [1.54, 1.807) is 19.2 Å². The fourth-order valence-corrected chi connectivity index (χ4v) is 1.81. The Morgan fingerprint density at radius 2 is 2.29 bits per heavy atom. The Kier molecular flexibility index (Phi) is 3.27. The van der Waals surface area contributed by atoms with Crippen LogP contribution in [0.4, 0.5) is 5.82 Å². The van der Waals surface area contributed by atoms with Crippen molar-refractivity contribution < 1.29 is 9.66 Å². The van der Waals surface area contributed by atoms with Crippen LogP contribution in [0.15, 0.2) is 30.6 Å². The van der Waals surface area contributed by atoms with Crippen molar-refractivity contribution in [3.63, 3.8) is 0 Å². The maximum absolute atomic E-state index is 10.7. The van der Waals surface area contributed by atoms with E-state index in [2.05, 4.69) is 27.6 Å². The molecule has 0 amide bonds. The lowest BCUT2D eigenvalue weighted by molar-refractivity contribution is -0.390. The number of aryl methyl sites for hydroxylation is 1. The zero-order valence-electron chi connectivity index (χ0n) is 8.83. The lowest BCUT2D eigenvalue weighted by Crippen LogP contribution is -1.96. The van der Waals surface area contributed by atoms with E-state index in [0.717, 1.165) is 3.57 Å². The summed E-state index contributed by atoms with van der Waals surface area (Å²) in [6.07, 6.45) is 1.35. The molecule has 0 saturated heterocycles. The van der Waals surface area contributed by atoms with Gasteiger partial charge >= 0.3 is 11.7 Å². The van der Waals surface area contributed by atoms with E-state index in [1.165, 1.54) is 10.9 Å². The van der Waals surface area contributed by atoms with Crippen LogP contribution in [0.25, 0.3) is 0 Å². The standard InChI is InChI=1S/C10H8IN3O3/c1-13-6-12-9(14(15)16)10(13)17-8-4-2-3-7(11)5-8/h2-6H,1H3. The zero-order chi connectivity index (χ0) is 12.4. The maximum atomic E-state index is 10.7. The van der Waals surface area contributed by atoms with Crippen molar-refractivity contribution in [3.8, 4) is 11.6 Å². The Balaban J connectivity index is 2.36. The Morgan fingerprint density at radius 1 is 1.53 bits per heavy atom. The summed E-state index contributed by atoms with van der Waals surface area (Å²) >= 11 is 2.14. The molecule has 0 spiro atoms. The molecule has 0 bridgehead atoms. The van der Waals surface area contributed by atoms with Gasteiger partial charge in [0.05, 0.1) is 0 Å². The molecule has 0 unspecified atom stereocenters. The van der Waals surface area contributed by atoms with Crippen LogP contribution in [0.1, 0.15) is 0 Å². The molecule has 0 fully saturated rings. The highest BCUT2D eigenvalue weighted by Gasteiger charge is 2.22. The monoisotopic (exact) mass is 345 g/mol. The summed E-state index contributed by atoms with van der Waals surface area (Å²) < 4.78 is 7.94. The van der Waals surface area contributed by atoms with Crippen molar-refractivity contribution in [3.05, 3.63) is 44.3 Å². The predicted molar refractivity (Wildman–Crippen MR) is 69.1 cm³/mol. The van der Waals surface area contributed by atoms with Crippen LogP contribution in [-0.2, 0) is 7.05 Å². The summed E-state index contributed by atoms with van der Waals surface area (Å²) in [4.78, 5) is 13.8. The second-order valence-corrected chi connectivity index (χ2v) is 4.55. The van der Waals surface area contributed by atoms with Gasteiger partial charge in [0.25, 0.3) is 0 Å². The fourth-order valence-electron chi connectivity index (χ4n) is 1.29. The number of benzene rings is 1. The quantitative estimate of drug-likeness (QED) is 0.487. The molecule has 0 radical (unpaired) electrons. The lowest BCUT2D eigenvalue weighted by atomic mass is 10.3. The van der Waals surface area contributed by atoms with Crippen LogP contribution in [0.3, 0.4) is 0 Å². The Morgan fingerprint density at radius 3 is 2.94 bits per heavy atom. The smallest absolute Gasteiger partial charge is 0.427 e. The molecule has 2 aromatic rings. The van der Waals surface area contributed by atoms with Gasteiger partial charge < -0.3 is 14.9 Å². The summed E-state index contributed by atoms with van der Waals surface area (Å²) in [5, 5.41) is 10.7. The van der Waals surface area contributed by atoms with Crippen molar-refractivity contribution in [1.29, 1.82) is 0 Å². The van der Waals surface area contributed by atoms with Gasteiger partial charge in [-0.15, -0.1) is 0 Å². The number of halogens is 1. The number of hydrogen-bond acceptors (Lipinski definition) is 4. The van der Waals surface area contributed by atoms with Gasteiger partial charge in [0.2, 0.25) is 6.33 Å². The Bertz CT molecular complexity index is 568. The maximum Gasteiger partial charge on any atom is 0.427 e. The van der Waals surface area contributed by atoms with Crippen LogP contribution in [-0.4, -0.2) is 14.5 Å². The normalized spacial score (nSPS) is 10.2. The summed E-state index contributed by atoms with van der Waals surface area (Å²) in [6.45, 7) is 0. The van der Waals surface area contributed by atoms with E-state index < -0.39 is 4.92 Å². The third kappa shape index (κ3) is 2.54. The van der Waals surface area contributed by atoms with E-state index in [0.29, 0.717) is 5.75 Å². The molecule has 0 aliphatic heterocycles. The molecular formula is C10H8IN3O3. The number of rotatable bonds is 3.